The fourth-order valence-electron chi connectivity index (χ4n) is 3.66. The molecule has 3 aromatic rings. The molecule has 5 nitrogen and oxygen atoms in total. The van der Waals surface area contributed by atoms with E-state index in [9.17, 15) is 9.59 Å². The number of ether oxygens (including phenoxy) is 1. The lowest BCUT2D eigenvalue weighted by Gasteiger charge is -2.32. The van der Waals surface area contributed by atoms with E-state index in [1.807, 2.05) is 44.2 Å². The molecule has 2 atom stereocenters. The van der Waals surface area contributed by atoms with Crippen molar-refractivity contribution in [3.8, 4) is 5.75 Å². The van der Waals surface area contributed by atoms with Crippen LogP contribution < -0.4 is 10.1 Å². The van der Waals surface area contributed by atoms with Gasteiger partial charge in [-0.05, 0) is 65.2 Å². The van der Waals surface area contributed by atoms with Crippen molar-refractivity contribution >= 4 is 62.5 Å². The molecule has 0 saturated heterocycles. The Morgan fingerprint density at radius 3 is 2.30 bits per heavy atom. The Bertz CT molecular complexity index is 1210. The van der Waals surface area contributed by atoms with E-state index in [-0.39, 0.29) is 25.1 Å². The second kappa shape index (κ2) is 14.1. The molecule has 0 aromatic heterocycles. The van der Waals surface area contributed by atoms with Gasteiger partial charge in [0.2, 0.25) is 5.91 Å². The summed E-state index contributed by atoms with van der Waals surface area (Å²) >= 11 is 22.4. The topological polar surface area (TPSA) is 58.6 Å². The molecule has 3 aromatic carbocycles. The molecule has 0 aliphatic rings. The zero-order valence-electron chi connectivity index (χ0n) is 20.5. The number of carbonyl (C=O) groups is 2. The Morgan fingerprint density at radius 2 is 1.68 bits per heavy atom. The van der Waals surface area contributed by atoms with Crippen molar-refractivity contribution in [1.29, 1.82) is 0 Å². The summed E-state index contributed by atoms with van der Waals surface area (Å²) in [5, 5.41) is 4.38. The molecule has 0 saturated carbocycles. The van der Waals surface area contributed by atoms with E-state index in [2.05, 4.69) is 21.2 Å². The van der Waals surface area contributed by atoms with E-state index in [1.165, 1.54) is 4.90 Å². The number of hydrogen-bond acceptors (Lipinski definition) is 3. The van der Waals surface area contributed by atoms with Crippen LogP contribution in [0.1, 0.15) is 31.4 Å². The number of hydrogen-bond donors (Lipinski definition) is 1. The zero-order chi connectivity index (χ0) is 26.9. The summed E-state index contributed by atoms with van der Waals surface area (Å²) in [4.78, 5) is 28.7. The van der Waals surface area contributed by atoms with Gasteiger partial charge in [-0.1, -0.05) is 78.1 Å². The van der Waals surface area contributed by atoms with Gasteiger partial charge in [-0.25, -0.2) is 0 Å². The van der Waals surface area contributed by atoms with Crippen molar-refractivity contribution in [3.63, 3.8) is 0 Å². The van der Waals surface area contributed by atoms with Crippen LogP contribution in [0, 0.1) is 0 Å². The quantitative estimate of drug-likeness (QED) is 0.242. The molecular formula is C28H28BrCl3N2O3. The van der Waals surface area contributed by atoms with Crippen LogP contribution >= 0.6 is 50.7 Å². The predicted molar refractivity (Wildman–Crippen MR) is 153 cm³/mol. The maximum absolute atomic E-state index is 13.7. The van der Waals surface area contributed by atoms with Gasteiger partial charge in [-0.15, -0.1) is 0 Å². The molecular weight excluding hydrogens is 599 g/mol. The molecule has 0 aliphatic heterocycles. The lowest BCUT2D eigenvalue weighted by Crippen LogP contribution is -2.53. The summed E-state index contributed by atoms with van der Waals surface area (Å²) in [5.74, 6) is -0.197. The van der Waals surface area contributed by atoms with Crippen LogP contribution in [-0.4, -0.2) is 35.4 Å². The molecule has 0 radical (unpaired) electrons. The minimum atomic E-state index is -0.825. The van der Waals surface area contributed by atoms with Crippen LogP contribution in [0.15, 0.2) is 71.2 Å². The SMILES string of the molecule is CC[C@H](C)NC(=O)[C@H](Cc1ccccc1)N(Cc1c(Cl)cccc1Cl)C(=O)COc1ccc(Cl)cc1Br. The van der Waals surface area contributed by atoms with Crippen molar-refractivity contribution < 1.29 is 14.3 Å². The Balaban J connectivity index is 1.97. The Kier molecular flexibility index (Phi) is 11.1. The fraction of sp³-hybridized carbons (Fsp3) is 0.286. The first-order valence-electron chi connectivity index (χ1n) is 11.8. The Hall–Kier alpha value is -2.25. The summed E-state index contributed by atoms with van der Waals surface area (Å²) in [6.45, 7) is 3.65. The van der Waals surface area contributed by atoms with E-state index in [0.29, 0.717) is 37.3 Å². The molecule has 3 rings (SSSR count). The summed E-state index contributed by atoms with van der Waals surface area (Å²) in [6, 6.07) is 18.8. The highest BCUT2D eigenvalue weighted by Crippen LogP contribution is 2.29. The lowest BCUT2D eigenvalue weighted by atomic mass is 10.0. The van der Waals surface area contributed by atoms with Gasteiger partial charge >= 0.3 is 0 Å². The summed E-state index contributed by atoms with van der Waals surface area (Å²) in [5.41, 5.74) is 1.47. The van der Waals surface area contributed by atoms with E-state index in [1.54, 1.807) is 36.4 Å². The average Bonchev–Trinajstić information content (AvgIpc) is 2.87. The maximum Gasteiger partial charge on any atom is 0.261 e. The van der Waals surface area contributed by atoms with Crippen LogP contribution in [0.4, 0.5) is 0 Å². The van der Waals surface area contributed by atoms with Crippen molar-refractivity contribution in [2.45, 2.75) is 45.3 Å². The van der Waals surface area contributed by atoms with Crippen LogP contribution in [0.2, 0.25) is 15.1 Å². The number of benzene rings is 3. The van der Waals surface area contributed by atoms with Crippen LogP contribution in [0.5, 0.6) is 5.75 Å². The van der Waals surface area contributed by atoms with Crippen molar-refractivity contribution in [1.82, 2.24) is 10.2 Å². The predicted octanol–water partition coefficient (Wildman–Crippen LogP) is 7.34. The number of rotatable bonds is 11. The van der Waals surface area contributed by atoms with Crippen molar-refractivity contribution in [3.05, 3.63) is 97.4 Å². The monoisotopic (exact) mass is 624 g/mol. The van der Waals surface area contributed by atoms with Gasteiger partial charge in [-0.3, -0.25) is 9.59 Å². The van der Waals surface area contributed by atoms with Crippen molar-refractivity contribution in [2.24, 2.45) is 0 Å². The normalized spacial score (nSPS) is 12.5. The molecule has 196 valence electrons. The minimum absolute atomic E-state index is 0.0356. The van der Waals surface area contributed by atoms with Crippen LogP contribution in [0.25, 0.3) is 0 Å². The third-order valence-electron chi connectivity index (χ3n) is 5.91. The summed E-state index contributed by atoms with van der Waals surface area (Å²) in [7, 11) is 0. The third kappa shape index (κ3) is 8.37. The van der Waals surface area contributed by atoms with Crippen LogP contribution in [-0.2, 0) is 22.6 Å². The summed E-state index contributed by atoms with van der Waals surface area (Å²) in [6.07, 6.45) is 1.06. The largest absolute Gasteiger partial charge is 0.483 e. The smallest absolute Gasteiger partial charge is 0.261 e. The van der Waals surface area contributed by atoms with Gasteiger partial charge < -0.3 is 15.0 Å². The molecule has 0 spiro atoms. The van der Waals surface area contributed by atoms with Crippen LogP contribution in [0.3, 0.4) is 0 Å². The average molecular weight is 627 g/mol. The van der Waals surface area contributed by atoms with Crippen molar-refractivity contribution in [2.75, 3.05) is 6.61 Å². The Labute approximate surface area is 241 Å². The molecule has 0 heterocycles. The third-order valence-corrected chi connectivity index (χ3v) is 7.47. The molecule has 0 bridgehead atoms. The number of nitrogens with one attached hydrogen (secondary N) is 1. The van der Waals surface area contributed by atoms with Gasteiger partial charge in [0.1, 0.15) is 11.8 Å². The zero-order valence-corrected chi connectivity index (χ0v) is 24.4. The molecule has 9 heteroatoms. The standard InChI is InChI=1S/C28H28BrCl3N2O3/c1-3-18(2)33-28(36)25(14-19-8-5-4-6-9-19)34(16-21-23(31)10-7-11-24(21)32)27(35)17-37-26-13-12-20(30)15-22(26)29/h4-13,15,18,25H,3,14,16-17H2,1-2H3,(H,33,36)/t18-,25-/m0/s1. The number of amides is 2. The van der Waals surface area contributed by atoms with Gasteiger partial charge in [-0.2, -0.15) is 0 Å². The van der Waals surface area contributed by atoms with Gasteiger partial charge in [0.25, 0.3) is 5.91 Å². The first-order chi connectivity index (χ1) is 17.7. The highest BCUT2D eigenvalue weighted by atomic mass is 79.9. The number of nitrogens with zero attached hydrogens (tertiary/aromatic N) is 1. The van der Waals surface area contributed by atoms with E-state index in [0.717, 1.165) is 12.0 Å². The number of halogens is 4. The lowest BCUT2D eigenvalue weighted by molar-refractivity contribution is -0.143. The highest BCUT2D eigenvalue weighted by Gasteiger charge is 2.32. The molecule has 37 heavy (non-hydrogen) atoms. The first-order valence-corrected chi connectivity index (χ1v) is 13.8. The van der Waals surface area contributed by atoms with E-state index < -0.39 is 11.9 Å². The minimum Gasteiger partial charge on any atom is -0.483 e. The summed E-state index contributed by atoms with van der Waals surface area (Å²) < 4.78 is 6.44. The number of carbonyl (C=O) groups excluding carboxylic acids is 2. The molecule has 0 aliphatic carbocycles. The fourth-order valence-corrected chi connectivity index (χ4v) is 4.98. The second-order valence-electron chi connectivity index (χ2n) is 8.61. The Morgan fingerprint density at radius 1 is 1.00 bits per heavy atom. The van der Waals surface area contributed by atoms with Gasteiger partial charge in [0.05, 0.1) is 4.47 Å². The van der Waals surface area contributed by atoms with E-state index >= 15 is 0 Å². The molecule has 0 unspecified atom stereocenters. The molecule has 2 amide bonds. The van der Waals surface area contributed by atoms with Gasteiger partial charge in [0, 0.05) is 39.6 Å². The van der Waals surface area contributed by atoms with E-state index in [4.69, 9.17) is 39.5 Å². The highest BCUT2D eigenvalue weighted by molar-refractivity contribution is 9.10. The first kappa shape index (κ1) is 29.3. The second-order valence-corrected chi connectivity index (χ2v) is 10.7. The maximum atomic E-state index is 13.7. The molecule has 0 fully saturated rings. The van der Waals surface area contributed by atoms with Gasteiger partial charge in [0.15, 0.2) is 6.61 Å². The molecule has 1 N–H and O–H groups in total.